The van der Waals surface area contributed by atoms with Gasteiger partial charge in [-0.05, 0) is 48.2 Å². The van der Waals surface area contributed by atoms with Crippen molar-refractivity contribution in [3.05, 3.63) is 60.2 Å². The number of pyridine rings is 2. The lowest BCUT2D eigenvalue weighted by Crippen LogP contribution is -2.40. The van der Waals surface area contributed by atoms with E-state index in [1.807, 2.05) is 36.4 Å². The molecule has 3 nitrogen and oxygen atoms in total. The van der Waals surface area contributed by atoms with Gasteiger partial charge in [0.2, 0.25) is 9.32 Å². The Balaban J connectivity index is 2.09. The van der Waals surface area contributed by atoms with Crippen LogP contribution in [0.1, 0.15) is 11.4 Å². The first-order chi connectivity index (χ1) is 8.31. The monoisotopic (exact) mass is 260 g/mol. The van der Waals surface area contributed by atoms with Gasteiger partial charge in [-0.25, -0.2) is 0 Å². The van der Waals surface area contributed by atoms with Crippen molar-refractivity contribution < 1.29 is 4.74 Å². The summed E-state index contributed by atoms with van der Waals surface area (Å²) in [6, 6.07) is 11.4. The first-order valence-electron chi connectivity index (χ1n) is 5.06. The fourth-order valence-corrected chi connectivity index (χ4v) is 3.09. The second kappa shape index (κ2) is 4.09. The number of thiocarbonyl (C=S) groups is 1. The van der Waals surface area contributed by atoms with E-state index in [4.69, 9.17) is 17.0 Å². The summed E-state index contributed by atoms with van der Waals surface area (Å²) in [5.74, 6) is 0. The molecule has 0 aromatic carbocycles. The molecular formula is C12H8N2OS2. The number of aromatic nitrogens is 2. The fourth-order valence-electron chi connectivity index (χ4n) is 1.70. The molecule has 0 atom stereocenters. The number of ether oxygens (including phenoxy) is 1. The van der Waals surface area contributed by atoms with Gasteiger partial charge in [-0.15, -0.1) is 0 Å². The molecule has 3 heterocycles. The maximum absolute atomic E-state index is 5.67. The summed E-state index contributed by atoms with van der Waals surface area (Å²) in [4.78, 5) is 8.01. The highest BCUT2D eigenvalue weighted by Gasteiger charge is 2.50. The normalized spacial score (nSPS) is 17.1. The van der Waals surface area contributed by atoms with Crippen LogP contribution in [-0.4, -0.2) is 14.4 Å². The van der Waals surface area contributed by atoms with E-state index in [1.165, 1.54) is 11.8 Å². The molecule has 17 heavy (non-hydrogen) atoms. The van der Waals surface area contributed by atoms with Gasteiger partial charge in [0.1, 0.15) is 11.4 Å². The molecule has 84 valence electrons. The maximum atomic E-state index is 5.67. The summed E-state index contributed by atoms with van der Waals surface area (Å²) in [5.41, 5.74) is 1.63. The van der Waals surface area contributed by atoms with Gasteiger partial charge in [-0.1, -0.05) is 12.1 Å². The highest BCUT2D eigenvalue weighted by Crippen LogP contribution is 2.51. The minimum absolute atomic E-state index is 0.529. The first kappa shape index (κ1) is 10.7. The molecule has 2 aromatic heterocycles. The second-order valence-corrected chi connectivity index (χ2v) is 5.28. The molecular weight excluding hydrogens is 252 g/mol. The summed E-state index contributed by atoms with van der Waals surface area (Å²) in [7, 11) is 0. The molecule has 0 aliphatic carbocycles. The summed E-state index contributed by atoms with van der Waals surface area (Å²) in [6.45, 7) is 0. The molecule has 1 aliphatic heterocycles. The minimum atomic E-state index is -0.667. The van der Waals surface area contributed by atoms with Gasteiger partial charge in [0.25, 0.3) is 0 Å². The van der Waals surface area contributed by atoms with Crippen LogP contribution in [0.4, 0.5) is 0 Å². The Bertz CT molecular complexity index is 495. The first-order valence-corrected chi connectivity index (χ1v) is 6.29. The number of hydrogen-bond donors (Lipinski definition) is 0. The van der Waals surface area contributed by atoms with Crippen molar-refractivity contribution in [3.8, 4) is 0 Å². The van der Waals surface area contributed by atoms with E-state index in [-0.39, 0.29) is 0 Å². The number of nitrogens with zero attached hydrogens (tertiary/aromatic N) is 2. The lowest BCUT2D eigenvalue weighted by atomic mass is 10.1. The van der Waals surface area contributed by atoms with Crippen LogP contribution >= 0.6 is 24.0 Å². The molecule has 0 N–H and O–H groups in total. The van der Waals surface area contributed by atoms with Crippen LogP contribution in [0.5, 0.6) is 0 Å². The van der Waals surface area contributed by atoms with Crippen molar-refractivity contribution in [1.82, 2.24) is 9.97 Å². The molecule has 0 saturated carbocycles. The Hall–Kier alpha value is -1.46. The number of thioether (sulfide) groups is 1. The van der Waals surface area contributed by atoms with Crippen molar-refractivity contribution >= 4 is 28.4 Å². The number of hydrogen-bond acceptors (Lipinski definition) is 5. The van der Waals surface area contributed by atoms with Crippen LogP contribution in [0.3, 0.4) is 0 Å². The van der Waals surface area contributed by atoms with Gasteiger partial charge in [0.15, 0.2) is 0 Å². The second-order valence-electron chi connectivity index (χ2n) is 3.50. The molecule has 1 saturated heterocycles. The molecule has 0 unspecified atom stereocenters. The van der Waals surface area contributed by atoms with E-state index in [0.717, 1.165) is 11.4 Å². The van der Waals surface area contributed by atoms with Gasteiger partial charge in [0.05, 0.1) is 0 Å². The Morgan fingerprint density at radius 2 is 1.53 bits per heavy atom. The maximum Gasteiger partial charge on any atom is 0.248 e. The highest BCUT2D eigenvalue weighted by atomic mass is 32.2. The van der Waals surface area contributed by atoms with Crippen molar-refractivity contribution in [1.29, 1.82) is 0 Å². The van der Waals surface area contributed by atoms with E-state index >= 15 is 0 Å². The van der Waals surface area contributed by atoms with Crippen molar-refractivity contribution in [2.75, 3.05) is 0 Å². The van der Waals surface area contributed by atoms with Gasteiger partial charge in [0, 0.05) is 12.4 Å². The zero-order valence-corrected chi connectivity index (χ0v) is 10.4. The Morgan fingerprint density at radius 3 is 1.88 bits per heavy atom. The zero-order chi connectivity index (χ0) is 11.7. The average Bonchev–Trinajstić information content (AvgIpc) is 2.37. The third kappa shape index (κ3) is 1.71. The summed E-state index contributed by atoms with van der Waals surface area (Å²) in [6.07, 6.45) is 3.48. The minimum Gasteiger partial charge on any atom is -0.448 e. The molecule has 1 aliphatic rings. The molecule has 1 fully saturated rings. The van der Waals surface area contributed by atoms with Gasteiger partial charge in [-0.3, -0.25) is 9.97 Å². The third-order valence-corrected chi connectivity index (χ3v) is 3.83. The Kier molecular flexibility index (Phi) is 2.57. The van der Waals surface area contributed by atoms with Gasteiger partial charge < -0.3 is 4.74 Å². The summed E-state index contributed by atoms with van der Waals surface area (Å²) in [5, 5.41) is 0. The molecule has 0 radical (unpaired) electrons. The standard InChI is InChI=1S/C12H8N2OS2/c16-11-15-12(17-11,9-5-1-3-7-13-9)10-6-2-4-8-14-10/h1-8H. The van der Waals surface area contributed by atoms with E-state index in [9.17, 15) is 0 Å². The van der Waals surface area contributed by atoms with Crippen LogP contribution in [0, 0.1) is 0 Å². The van der Waals surface area contributed by atoms with Crippen LogP contribution in [0.15, 0.2) is 48.8 Å². The van der Waals surface area contributed by atoms with Crippen LogP contribution in [0.25, 0.3) is 0 Å². The summed E-state index contributed by atoms with van der Waals surface area (Å²) < 4.78 is 6.20. The quantitative estimate of drug-likeness (QED) is 0.776. The van der Waals surface area contributed by atoms with Gasteiger partial charge >= 0.3 is 0 Å². The van der Waals surface area contributed by atoms with Gasteiger partial charge in [-0.2, -0.15) is 0 Å². The molecule has 2 aromatic rings. The van der Waals surface area contributed by atoms with E-state index in [0.29, 0.717) is 4.38 Å². The number of rotatable bonds is 2. The zero-order valence-electron chi connectivity index (χ0n) is 8.74. The lowest BCUT2D eigenvalue weighted by molar-refractivity contribution is 0.177. The molecule has 3 rings (SSSR count). The Morgan fingerprint density at radius 1 is 1.00 bits per heavy atom. The molecule has 5 heteroatoms. The van der Waals surface area contributed by atoms with Crippen LogP contribution in [-0.2, 0) is 9.67 Å². The fraction of sp³-hybridized carbons (Fsp3) is 0.0833. The van der Waals surface area contributed by atoms with Crippen molar-refractivity contribution in [2.45, 2.75) is 4.93 Å². The van der Waals surface area contributed by atoms with E-state index in [1.54, 1.807) is 12.4 Å². The average molecular weight is 260 g/mol. The van der Waals surface area contributed by atoms with E-state index in [2.05, 4.69) is 9.97 Å². The smallest absolute Gasteiger partial charge is 0.248 e. The van der Waals surface area contributed by atoms with E-state index < -0.39 is 4.93 Å². The lowest BCUT2D eigenvalue weighted by Gasteiger charge is -2.39. The predicted octanol–water partition coefficient (Wildman–Crippen LogP) is 2.73. The van der Waals surface area contributed by atoms with Crippen LogP contribution in [0.2, 0.25) is 0 Å². The van der Waals surface area contributed by atoms with Crippen LogP contribution < -0.4 is 0 Å². The largest absolute Gasteiger partial charge is 0.448 e. The third-order valence-electron chi connectivity index (χ3n) is 2.46. The highest BCUT2D eigenvalue weighted by molar-refractivity contribution is 8.24. The SMILES string of the molecule is S=C1OC(c2ccccn2)(c2ccccn2)S1. The molecule has 0 amide bonds. The topological polar surface area (TPSA) is 35.0 Å². The van der Waals surface area contributed by atoms with Crippen molar-refractivity contribution in [3.63, 3.8) is 0 Å². The van der Waals surface area contributed by atoms with Crippen molar-refractivity contribution in [2.24, 2.45) is 0 Å². The molecule has 0 bridgehead atoms. The molecule has 0 spiro atoms. The predicted molar refractivity (Wildman–Crippen MR) is 70.5 cm³/mol. The summed E-state index contributed by atoms with van der Waals surface area (Å²) >= 11 is 6.48. The Labute approximate surface area is 108 Å².